The Morgan fingerprint density at radius 1 is 1.22 bits per heavy atom. The van der Waals surface area contributed by atoms with Gasteiger partial charge in [-0.25, -0.2) is 12.7 Å². The van der Waals surface area contributed by atoms with E-state index in [1.807, 2.05) is 0 Å². The van der Waals surface area contributed by atoms with E-state index >= 15 is 0 Å². The molecule has 0 N–H and O–H groups in total. The van der Waals surface area contributed by atoms with Gasteiger partial charge >= 0.3 is 0 Å². The Labute approximate surface area is 139 Å². The molecule has 1 fully saturated rings. The van der Waals surface area contributed by atoms with Gasteiger partial charge in [0.1, 0.15) is 0 Å². The summed E-state index contributed by atoms with van der Waals surface area (Å²) in [6.07, 6.45) is 0.797. The molecule has 2 rings (SSSR count). The molecule has 1 heterocycles. The summed E-state index contributed by atoms with van der Waals surface area (Å²) >= 11 is 0. The number of sulfonamides is 1. The topological polar surface area (TPSA) is 57.7 Å². The number of aryl methyl sites for hydroxylation is 2. The van der Waals surface area contributed by atoms with Crippen LogP contribution in [-0.4, -0.2) is 56.0 Å². The van der Waals surface area contributed by atoms with Crippen LogP contribution in [0, 0.1) is 13.8 Å². The lowest BCUT2D eigenvalue weighted by Crippen LogP contribution is -2.44. The van der Waals surface area contributed by atoms with Crippen molar-refractivity contribution in [2.75, 3.05) is 27.2 Å². The molecule has 1 aliphatic rings. The maximum Gasteiger partial charge on any atom is 0.241 e. The molecule has 128 valence electrons. The van der Waals surface area contributed by atoms with Gasteiger partial charge in [0.15, 0.2) is 5.25 Å². The first-order chi connectivity index (χ1) is 10.6. The molecule has 1 aromatic rings. The van der Waals surface area contributed by atoms with Gasteiger partial charge in [-0.15, -0.1) is 0 Å². The molecule has 0 aliphatic carbocycles. The summed E-state index contributed by atoms with van der Waals surface area (Å²) in [7, 11) is -0.442. The lowest BCUT2D eigenvalue weighted by molar-refractivity contribution is -0.128. The van der Waals surface area contributed by atoms with Crippen LogP contribution < -0.4 is 0 Å². The van der Waals surface area contributed by atoms with E-state index in [0.29, 0.717) is 13.1 Å². The van der Waals surface area contributed by atoms with E-state index in [9.17, 15) is 13.2 Å². The molecule has 0 spiro atoms. The van der Waals surface area contributed by atoms with Gasteiger partial charge in [0, 0.05) is 27.2 Å². The van der Waals surface area contributed by atoms with Crippen LogP contribution in [0.25, 0.3) is 0 Å². The van der Waals surface area contributed by atoms with Gasteiger partial charge in [0.25, 0.3) is 0 Å². The maximum atomic E-state index is 12.7. The first kappa shape index (κ1) is 17.9. The van der Waals surface area contributed by atoms with Gasteiger partial charge in [0.05, 0.1) is 0 Å². The van der Waals surface area contributed by atoms with Crippen molar-refractivity contribution in [3.8, 4) is 0 Å². The quantitative estimate of drug-likeness (QED) is 0.842. The van der Waals surface area contributed by atoms with Gasteiger partial charge in [-0.05, 0) is 38.7 Å². The van der Waals surface area contributed by atoms with Gasteiger partial charge in [0.2, 0.25) is 15.9 Å². The molecule has 2 atom stereocenters. The van der Waals surface area contributed by atoms with E-state index in [2.05, 4.69) is 32.0 Å². The third-order valence-electron chi connectivity index (χ3n) is 4.46. The number of hydrogen-bond acceptors (Lipinski definition) is 3. The van der Waals surface area contributed by atoms with Crippen LogP contribution in [0.4, 0.5) is 0 Å². The second-order valence-electron chi connectivity index (χ2n) is 6.68. The fourth-order valence-electron chi connectivity index (χ4n) is 3.19. The Bertz CT molecular complexity index is 678. The highest BCUT2D eigenvalue weighted by atomic mass is 32.2. The first-order valence-corrected chi connectivity index (χ1v) is 9.41. The number of rotatable bonds is 4. The molecule has 0 bridgehead atoms. The van der Waals surface area contributed by atoms with E-state index in [1.165, 1.54) is 32.8 Å². The average molecular weight is 338 g/mol. The van der Waals surface area contributed by atoms with Crippen molar-refractivity contribution >= 4 is 15.9 Å². The zero-order chi connectivity index (χ0) is 17.4. The Hall–Kier alpha value is -1.40. The summed E-state index contributed by atoms with van der Waals surface area (Å²) in [5.41, 5.74) is 3.57. The molecule has 5 nitrogen and oxygen atoms in total. The lowest BCUT2D eigenvalue weighted by Gasteiger charge is -2.23. The number of carbonyl (C=O) groups is 1. The maximum absolute atomic E-state index is 12.7. The predicted molar refractivity (Wildman–Crippen MR) is 91.9 cm³/mol. The number of benzene rings is 1. The van der Waals surface area contributed by atoms with Crippen molar-refractivity contribution in [2.24, 2.45) is 0 Å². The van der Waals surface area contributed by atoms with Gasteiger partial charge in [-0.2, -0.15) is 0 Å². The molecular weight excluding hydrogens is 312 g/mol. The van der Waals surface area contributed by atoms with Crippen LogP contribution >= 0.6 is 0 Å². The normalized spacial score (nSPS) is 20.5. The average Bonchev–Trinajstić information content (AvgIpc) is 2.95. The summed E-state index contributed by atoms with van der Waals surface area (Å²) in [6.45, 7) is 6.51. The highest BCUT2D eigenvalue weighted by Gasteiger charge is 2.39. The van der Waals surface area contributed by atoms with E-state index < -0.39 is 15.3 Å². The minimum Gasteiger partial charge on any atom is -0.348 e. The smallest absolute Gasteiger partial charge is 0.241 e. The molecule has 1 amide bonds. The SMILES string of the molecule is Cc1cc(C)cc([C@@H]2CCN(S(=O)(=O)[C@H](C)C(=O)N(C)C)C2)c1. The zero-order valence-corrected chi connectivity index (χ0v) is 15.4. The number of amides is 1. The van der Waals surface area contributed by atoms with Crippen LogP contribution in [0.3, 0.4) is 0 Å². The summed E-state index contributed by atoms with van der Waals surface area (Å²) in [5, 5.41) is -1.03. The lowest BCUT2D eigenvalue weighted by atomic mass is 9.95. The molecule has 1 aromatic carbocycles. The van der Waals surface area contributed by atoms with Crippen LogP contribution in [0.5, 0.6) is 0 Å². The first-order valence-electron chi connectivity index (χ1n) is 7.91. The fraction of sp³-hybridized carbons (Fsp3) is 0.588. The molecule has 0 saturated carbocycles. The molecule has 1 aliphatic heterocycles. The number of nitrogens with zero attached hydrogens (tertiary/aromatic N) is 2. The van der Waals surface area contributed by atoms with Crippen LogP contribution in [0.2, 0.25) is 0 Å². The molecule has 23 heavy (non-hydrogen) atoms. The summed E-state index contributed by atoms with van der Waals surface area (Å²) in [6, 6.07) is 6.37. The molecule has 6 heteroatoms. The Morgan fingerprint density at radius 2 is 1.78 bits per heavy atom. The van der Waals surface area contributed by atoms with Crippen molar-refractivity contribution in [1.29, 1.82) is 0 Å². The standard InChI is InChI=1S/C17H26N2O3S/c1-12-8-13(2)10-16(9-12)15-6-7-19(11-15)23(21,22)14(3)17(20)18(4)5/h8-10,14-15H,6-7,11H2,1-5H3/t14-,15-/m1/s1. The third-order valence-corrected chi connectivity index (χ3v) is 6.61. The summed E-state index contributed by atoms with van der Waals surface area (Å²) < 4.78 is 26.8. The van der Waals surface area contributed by atoms with Crippen LogP contribution in [-0.2, 0) is 14.8 Å². The van der Waals surface area contributed by atoms with Crippen molar-refractivity contribution < 1.29 is 13.2 Å². The minimum absolute atomic E-state index is 0.199. The molecule has 0 aromatic heterocycles. The Balaban J connectivity index is 2.17. The van der Waals surface area contributed by atoms with Crippen molar-refractivity contribution in [1.82, 2.24) is 9.21 Å². The Kier molecular flexibility index (Phi) is 5.16. The fourth-order valence-corrected chi connectivity index (χ4v) is 4.85. The molecular formula is C17H26N2O3S. The highest BCUT2D eigenvalue weighted by Crippen LogP contribution is 2.31. The van der Waals surface area contributed by atoms with E-state index in [1.54, 1.807) is 14.1 Å². The largest absolute Gasteiger partial charge is 0.348 e. The molecule has 1 saturated heterocycles. The van der Waals surface area contributed by atoms with E-state index in [4.69, 9.17) is 0 Å². The van der Waals surface area contributed by atoms with Crippen LogP contribution in [0.1, 0.15) is 36.0 Å². The van der Waals surface area contributed by atoms with Crippen LogP contribution in [0.15, 0.2) is 18.2 Å². The molecule has 0 unspecified atom stereocenters. The van der Waals surface area contributed by atoms with Gasteiger partial charge in [-0.1, -0.05) is 29.3 Å². The number of hydrogen-bond donors (Lipinski definition) is 0. The van der Waals surface area contributed by atoms with E-state index in [0.717, 1.165) is 6.42 Å². The monoisotopic (exact) mass is 338 g/mol. The van der Waals surface area contributed by atoms with Gasteiger partial charge in [-0.3, -0.25) is 4.79 Å². The van der Waals surface area contributed by atoms with Crippen molar-refractivity contribution in [2.45, 2.75) is 38.4 Å². The van der Waals surface area contributed by atoms with Crippen molar-refractivity contribution in [3.63, 3.8) is 0 Å². The summed E-state index contributed by atoms with van der Waals surface area (Å²) in [5.74, 6) is -0.176. The summed E-state index contributed by atoms with van der Waals surface area (Å²) in [4.78, 5) is 13.3. The highest BCUT2D eigenvalue weighted by molar-refractivity contribution is 7.90. The zero-order valence-electron chi connectivity index (χ0n) is 14.5. The number of carbonyl (C=O) groups excluding carboxylic acids is 1. The second kappa shape index (κ2) is 6.61. The third kappa shape index (κ3) is 3.75. The predicted octanol–water partition coefficient (Wildman–Crippen LogP) is 1.90. The van der Waals surface area contributed by atoms with Crippen molar-refractivity contribution in [3.05, 3.63) is 34.9 Å². The Morgan fingerprint density at radius 3 is 2.30 bits per heavy atom. The second-order valence-corrected chi connectivity index (χ2v) is 8.94. The van der Waals surface area contributed by atoms with Gasteiger partial charge < -0.3 is 4.90 Å². The van der Waals surface area contributed by atoms with E-state index in [-0.39, 0.29) is 11.8 Å². The minimum atomic E-state index is -3.60. The molecule has 0 radical (unpaired) electrons.